The molecule has 2 saturated heterocycles. The zero-order valence-electron chi connectivity index (χ0n) is 10.6. The summed E-state index contributed by atoms with van der Waals surface area (Å²) in [5.74, 6) is 1.81. The van der Waals surface area contributed by atoms with Crippen LogP contribution in [0.3, 0.4) is 0 Å². The first-order chi connectivity index (χ1) is 8.08. The molecule has 3 atom stereocenters. The van der Waals surface area contributed by atoms with Gasteiger partial charge in [-0.3, -0.25) is 4.79 Å². The molecule has 0 spiro atoms. The number of carbonyl (C=O) groups excluding carboxylic acids is 1. The van der Waals surface area contributed by atoms with E-state index in [0.29, 0.717) is 24.1 Å². The van der Waals surface area contributed by atoms with Crippen molar-refractivity contribution in [2.24, 2.45) is 5.92 Å². The molecular weight excluding hydrogens is 236 g/mol. The van der Waals surface area contributed by atoms with Crippen LogP contribution in [-0.2, 0) is 4.79 Å². The Morgan fingerprint density at radius 3 is 2.88 bits per heavy atom. The molecule has 0 saturated carbocycles. The van der Waals surface area contributed by atoms with E-state index in [2.05, 4.69) is 19.2 Å². The second kappa shape index (κ2) is 5.59. The van der Waals surface area contributed by atoms with Gasteiger partial charge in [-0.2, -0.15) is 11.8 Å². The summed E-state index contributed by atoms with van der Waals surface area (Å²) in [6.45, 7) is 6.68. The van der Waals surface area contributed by atoms with E-state index >= 15 is 0 Å². The van der Waals surface area contributed by atoms with Crippen LogP contribution in [0.2, 0.25) is 0 Å². The van der Waals surface area contributed by atoms with E-state index in [1.54, 1.807) is 0 Å². The molecule has 98 valence electrons. The van der Waals surface area contributed by atoms with E-state index in [9.17, 15) is 9.90 Å². The van der Waals surface area contributed by atoms with Crippen LogP contribution >= 0.6 is 11.8 Å². The van der Waals surface area contributed by atoms with E-state index in [0.717, 1.165) is 18.8 Å². The Morgan fingerprint density at radius 1 is 1.53 bits per heavy atom. The Bertz CT molecular complexity index is 286. The number of hydrogen-bond acceptors (Lipinski definition) is 4. The summed E-state index contributed by atoms with van der Waals surface area (Å²) < 4.78 is 0. The van der Waals surface area contributed by atoms with Crippen LogP contribution in [0.15, 0.2) is 0 Å². The Morgan fingerprint density at radius 2 is 2.29 bits per heavy atom. The van der Waals surface area contributed by atoms with Crippen LogP contribution in [0, 0.1) is 5.92 Å². The molecule has 2 fully saturated rings. The smallest absolute Gasteiger partial charge is 0.239 e. The van der Waals surface area contributed by atoms with Gasteiger partial charge in [0.05, 0.1) is 12.1 Å². The molecule has 2 N–H and O–H groups in total. The number of rotatable bonds is 2. The third kappa shape index (κ3) is 3.14. The highest BCUT2D eigenvalue weighted by molar-refractivity contribution is 8.00. The minimum absolute atomic E-state index is 0.166. The average Bonchev–Trinajstić information content (AvgIpc) is 2.75. The van der Waals surface area contributed by atoms with Gasteiger partial charge in [0.15, 0.2) is 0 Å². The number of amides is 1. The molecular formula is C12H22N2O2S. The van der Waals surface area contributed by atoms with E-state index in [1.165, 1.54) is 0 Å². The SMILES string of the molecule is CC(C)C1CN(C(=O)C2CC(O)CN2)CCS1. The van der Waals surface area contributed by atoms with Crippen molar-refractivity contribution in [3.05, 3.63) is 0 Å². The number of nitrogens with zero attached hydrogens (tertiary/aromatic N) is 1. The van der Waals surface area contributed by atoms with Gasteiger partial charge in [-0.25, -0.2) is 0 Å². The standard InChI is InChI=1S/C12H22N2O2S/c1-8(2)11-7-14(3-4-17-11)12(16)10-5-9(15)6-13-10/h8-11,13,15H,3-7H2,1-2H3. The van der Waals surface area contributed by atoms with Crippen LogP contribution in [0.25, 0.3) is 0 Å². The number of hydrogen-bond donors (Lipinski definition) is 2. The summed E-state index contributed by atoms with van der Waals surface area (Å²) in [5, 5.41) is 13.1. The van der Waals surface area contributed by atoms with Crippen molar-refractivity contribution in [3.63, 3.8) is 0 Å². The van der Waals surface area contributed by atoms with Gasteiger partial charge in [0.25, 0.3) is 0 Å². The second-order valence-corrected chi connectivity index (χ2v) is 6.63. The fourth-order valence-electron chi connectivity index (χ4n) is 2.40. The van der Waals surface area contributed by atoms with E-state index in [-0.39, 0.29) is 18.1 Å². The maximum Gasteiger partial charge on any atom is 0.239 e. The lowest BCUT2D eigenvalue weighted by Crippen LogP contribution is -2.49. The number of nitrogens with one attached hydrogen (secondary N) is 1. The van der Waals surface area contributed by atoms with Gasteiger partial charge in [0.1, 0.15) is 0 Å². The summed E-state index contributed by atoms with van der Waals surface area (Å²) in [6, 6.07) is -0.166. The summed E-state index contributed by atoms with van der Waals surface area (Å²) in [4.78, 5) is 14.2. The maximum absolute atomic E-state index is 12.3. The zero-order valence-corrected chi connectivity index (χ0v) is 11.4. The number of thioether (sulfide) groups is 1. The Hall–Kier alpha value is -0.260. The van der Waals surface area contributed by atoms with Crippen LogP contribution in [0.1, 0.15) is 20.3 Å². The molecule has 2 aliphatic rings. The van der Waals surface area contributed by atoms with Crippen molar-refractivity contribution in [2.45, 2.75) is 37.7 Å². The number of aliphatic hydroxyl groups excluding tert-OH is 1. The van der Waals surface area contributed by atoms with Gasteiger partial charge >= 0.3 is 0 Å². The van der Waals surface area contributed by atoms with Crippen molar-refractivity contribution in [1.82, 2.24) is 10.2 Å². The Balaban J connectivity index is 1.90. The van der Waals surface area contributed by atoms with Gasteiger partial charge < -0.3 is 15.3 Å². The molecule has 0 aromatic heterocycles. The summed E-state index contributed by atoms with van der Waals surface area (Å²) in [7, 11) is 0. The Labute approximate surface area is 107 Å². The molecule has 0 aromatic carbocycles. The zero-order chi connectivity index (χ0) is 12.4. The third-order valence-corrected chi connectivity index (χ3v) is 5.09. The molecule has 0 radical (unpaired) electrons. The summed E-state index contributed by atoms with van der Waals surface area (Å²) in [6.07, 6.45) is 0.207. The van der Waals surface area contributed by atoms with Gasteiger partial charge in [0.2, 0.25) is 5.91 Å². The van der Waals surface area contributed by atoms with E-state index in [4.69, 9.17) is 0 Å². The predicted molar refractivity (Wildman–Crippen MR) is 70.1 cm³/mol. The molecule has 2 aliphatic heterocycles. The fourth-order valence-corrected chi connectivity index (χ4v) is 3.70. The third-order valence-electron chi connectivity index (χ3n) is 3.55. The first kappa shape index (κ1) is 13.2. The van der Waals surface area contributed by atoms with Crippen molar-refractivity contribution in [1.29, 1.82) is 0 Å². The highest BCUT2D eigenvalue weighted by Crippen LogP contribution is 2.25. The normalized spacial score (nSPS) is 34.4. The first-order valence-electron chi connectivity index (χ1n) is 6.39. The molecule has 5 heteroatoms. The molecule has 17 heavy (non-hydrogen) atoms. The monoisotopic (exact) mass is 258 g/mol. The largest absolute Gasteiger partial charge is 0.392 e. The van der Waals surface area contributed by atoms with Crippen molar-refractivity contribution < 1.29 is 9.90 Å². The highest BCUT2D eigenvalue weighted by Gasteiger charge is 2.34. The van der Waals surface area contributed by atoms with E-state index < -0.39 is 0 Å². The van der Waals surface area contributed by atoms with Gasteiger partial charge in [-0.05, 0) is 12.3 Å². The fraction of sp³-hybridized carbons (Fsp3) is 0.917. The van der Waals surface area contributed by atoms with Crippen molar-refractivity contribution in [2.75, 3.05) is 25.4 Å². The lowest BCUT2D eigenvalue weighted by Gasteiger charge is -2.35. The lowest BCUT2D eigenvalue weighted by molar-refractivity contribution is -0.133. The minimum Gasteiger partial charge on any atom is -0.392 e. The topological polar surface area (TPSA) is 52.6 Å². The molecule has 0 bridgehead atoms. The molecule has 4 nitrogen and oxygen atoms in total. The predicted octanol–water partition coefficient (Wildman–Crippen LogP) is 0.309. The van der Waals surface area contributed by atoms with Crippen molar-refractivity contribution in [3.8, 4) is 0 Å². The molecule has 1 amide bonds. The summed E-state index contributed by atoms with van der Waals surface area (Å²) >= 11 is 1.97. The van der Waals surface area contributed by atoms with Gasteiger partial charge in [-0.1, -0.05) is 13.8 Å². The quantitative estimate of drug-likeness (QED) is 0.748. The maximum atomic E-state index is 12.3. The molecule has 2 heterocycles. The molecule has 2 rings (SSSR count). The first-order valence-corrected chi connectivity index (χ1v) is 7.44. The number of carbonyl (C=O) groups is 1. The lowest BCUT2D eigenvalue weighted by atomic mass is 10.1. The molecule has 3 unspecified atom stereocenters. The van der Waals surface area contributed by atoms with Crippen molar-refractivity contribution >= 4 is 17.7 Å². The van der Waals surface area contributed by atoms with E-state index in [1.807, 2.05) is 16.7 Å². The van der Waals surface area contributed by atoms with Gasteiger partial charge in [0, 0.05) is 30.6 Å². The molecule has 0 aromatic rings. The highest BCUT2D eigenvalue weighted by atomic mass is 32.2. The average molecular weight is 258 g/mol. The van der Waals surface area contributed by atoms with Crippen LogP contribution in [-0.4, -0.2) is 58.7 Å². The molecule has 0 aliphatic carbocycles. The number of β-amino-alcohol motifs (C(OH)–C–C–N with tert-alkyl or cyclic N) is 1. The Kier molecular flexibility index (Phi) is 4.33. The van der Waals surface area contributed by atoms with Crippen LogP contribution < -0.4 is 5.32 Å². The van der Waals surface area contributed by atoms with Crippen LogP contribution in [0.4, 0.5) is 0 Å². The van der Waals surface area contributed by atoms with Crippen LogP contribution in [0.5, 0.6) is 0 Å². The minimum atomic E-state index is -0.357. The van der Waals surface area contributed by atoms with Gasteiger partial charge in [-0.15, -0.1) is 0 Å². The number of aliphatic hydroxyl groups is 1. The second-order valence-electron chi connectivity index (χ2n) is 5.29. The summed E-state index contributed by atoms with van der Waals surface area (Å²) in [5.41, 5.74) is 0.